The maximum atomic E-state index is 12.5. The van der Waals surface area contributed by atoms with E-state index in [9.17, 15) is 14.4 Å². The summed E-state index contributed by atoms with van der Waals surface area (Å²) >= 11 is 0. The molecule has 2 aromatic rings. The number of hydrogen-bond acceptors (Lipinski definition) is 4. The van der Waals surface area contributed by atoms with Crippen LogP contribution in [0.3, 0.4) is 0 Å². The SMILES string of the molecule is N#Cc1cn(CCC(=O)N2CCCc3ccccc3C2)c(=O)[nH]c1=O. The van der Waals surface area contributed by atoms with Crippen molar-refractivity contribution >= 4 is 5.91 Å². The average molecular weight is 338 g/mol. The van der Waals surface area contributed by atoms with Gasteiger partial charge in [0.1, 0.15) is 11.6 Å². The van der Waals surface area contributed by atoms with Crippen molar-refractivity contribution in [1.82, 2.24) is 14.5 Å². The number of carbonyl (C=O) groups is 1. The van der Waals surface area contributed by atoms with Gasteiger partial charge >= 0.3 is 5.69 Å². The van der Waals surface area contributed by atoms with Crippen LogP contribution in [0.25, 0.3) is 0 Å². The van der Waals surface area contributed by atoms with Gasteiger partial charge in [0.2, 0.25) is 5.91 Å². The summed E-state index contributed by atoms with van der Waals surface area (Å²) in [5, 5.41) is 8.88. The van der Waals surface area contributed by atoms with Crippen molar-refractivity contribution in [3.63, 3.8) is 0 Å². The maximum Gasteiger partial charge on any atom is 0.328 e. The fraction of sp³-hybridized carbons (Fsp3) is 0.333. The molecular weight excluding hydrogens is 320 g/mol. The molecule has 1 aromatic heterocycles. The first-order valence-corrected chi connectivity index (χ1v) is 8.17. The molecule has 7 heteroatoms. The molecule has 128 valence electrons. The number of carbonyl (C=O) groups excluding carboxylic acids is 1. The van der Waals surface area contributed by atoms with Gasteiger partial charge in [0.15, 0.2) is 0 Å². The molecule has 0 saturated carbocycles. The predicted octanol–water partition coefficient (Wildman–Crippen LogP) is 0.773. The van der Waals surface area contributed by atoms with E-state index in [1.165, 1.54) is 16.3 Å². The summed E-state index contributed by atoms with van der Waals surface area (Å²) in [6.07, 6.45) is 3.19. The number of fused-ring (bicyclic) bond motifs is 1. The maximum absolute atomic E-state index is 12.5. The van der Waals surface area contributed by atoms with E-state index in [0.717, 1.165) is 18.4 Å². The zero-order valence-electron chi connectivity index (χ0n) is 13.7. The van der Waals surface area contributed by atoms with Crippen molar-refractivity contribution in [3.8, 4) is 6.07 Å². The summed E-state index contributed by atoms with van der Waals surface area (Å²) in [5.41, 5.74) is 0.961. The van der Waals surface area contributed by atoms with E-state index in [1.807, 2.05) is 18.2 Å². The Morgan fingerprint density at radius 3 is 2.76 bits per heavy atom. The third kappa shape index (κ3) is 3.69. The minimum absolute atomic E-state index is 0.0479. The Hall–Kier alpha value is -3.14. The van der Waals surface area contributed by atoms with Crippen molar-refractivity contribution < 1.29 is 4.79 Å². The molecule has 0 atom stereocenters. The monoisotopic (exact) mass is 338 g/mol. The average Bonchev–Trinajstić information content (AvgIpc) is 2.83. The summed E-state index contributed by atoms with van der Waals surface area (Å²) < 4.78 is 1.20. The van der Waals surface area contributed by atoms with Crippen molar-refractivity contribution in [2.75, 3.05) is 6.54 Å². The van der Waals surface area contributed by atoms with E-state index < -0.39 is 11.2 Å². The smallest absolute Gasteiger partial charge is 0.328 e. The number of aromatic nitrogens is 2. The van der Waals surface area contributed by atoms with Crippen molar-refractivity contribution in [1.29, 1.82) is 5.26 Å². The number of H-pyrrole nitrogens is 1. The van der Waals surface area contributed by atoms with Crippen LogP contribution in [-0.4, -0.2) is 26.9 Å². The highest BCUT2D eigenvalue weighted by molar-refractivity contribution is 5.76. The second-order valence-electron chi connectivity index (χ2n) is 6.04. The summed E-state index contributed by atoms with van der Waals surface area (Å²) in [6.45, 7) is 1.37. The molecule has 1 N–H and O–H groups in total. The van der Waals surface area contributed by atoms with Gasteiger partial charge in [-0.25, -0.2) is 4.79 Å². The standard InChI is InChI=1S/C18H18N4O3/c19-10-15-12-22(18(25)20-17(15)24)9-7-16(23)21-8-3-6-13-4-1-2-5-14(13)11-21/h1-2,4-5,12H,3,6-9,11H2,(H,20,24,25). The van der Waals surface area contributed by atoms with Gasteiger partial charge in [-0.2, -0.15) is 5.26 Å². The lowest BCUT2D eigenvalue weighted by atomic mass is 10.0. The summed E-state index contributed by atoms with van der Waals surface area (Å²) in [4.78, 5) is 39.6. The van der Waals surface area contributed by atoms with E-state index in [4.69, 9.17) is 5.26 Å². The third-order valence-corrected chi connectivity index (χ3v) is 4.40. The quantitative estimate of drug-likeness (QED) is 0.893. The molecule has 1 amide bonds. The molecule has 1 aromatic carbocycles. The fourth-order valence-electron chi connectivity index (χ4n) is 3.04. The second kappa shape index (κ2) is 7.18. The second-order valence-corrected chi connectivity index (χ2v) is 6.04. The lowest BCUT2D eigenvalue weighted by molar-refractivity contribution is -0.132. The van der Waals surface area contributed by atoms with E-state index >= 15 is 0 Å². The van der Waals surface area contributed by atoms with Gasteiger partial charge in [-0.1, -0.05) is 24.3 Å². The zero-order valence-corrected chi connectivity index (χ0v) is 13.7. The molecule has 0 spiro atoms. The first-order chi connectivity index (χ1) is 12.1. The van der Waals surface area contributed by atoms with Gasteiger partial charge in [-0.15, -0.1) is 0 Å². The van der Waals surface area contributed by atoms with Gasteiger partial charge in [-0.3, -0.25) is 19.1 Å². The number of benzene rings is 1. The zero-order chi connectivity index (χ0) is 17.8. The molecular formula is C18H18N4O3. The first kappa shape index (κ1) is 16.7. The van der Waals surface area contributed by atoms with Crippen LogP contribution >= 0.6 is 0 Å². The summed E-state index contributed by atoms with van der Waals surface area (Å²) in [6, 6.07) is 9.83. The van der Waals surface area contributed by atoms with Crippen LogP contribution in [0, 0.1) is 11.3 Å². The normalized spacial score (nSPS) is 13.6. The topological polar surface area (TPSA) is 99.0 Å². The Kier molecular flexibility index (Phi) is 4.80. The highest BCUT2D eigenvalue weighted by Crippen LogP contribution is 2.18. The molecule has 1 aliphatic rings. The Labute approximate surface area is 144 Å². The number of amides is 1. The molecule has 3 rings (SSSR count). The Balaban J connectivity index is 1.70. The Bertz CT molecular complexity index is 952. The van der Waals surface area contributed by atoms with Crippen LogP contribution in [-0.2, 0) is 24.3 Å². The molecule has 2 heterocycles. The van der Waals surface area contributed by atoms with Crippen molar-refractivity contribution in [2.24, 2.45) is 0 Å². The number of aryl methyl sites for hydroxylation is 2. The van der Waals surface area contributed by atoms with Crippen LogP contribution < -0.4 is 11.2 Å². The van der Waals surface area contributed by atoms with Crippen LogP contribution in [0.15, 0.2) is 40.1 Å². The molecule has 0 bridgehead atoms. The lowest BCUT2D eigenvalue weighted by Gasteiger charge is -2.21. The molecule has 0 saturated heterocycles. The van der Waals surface area contributed by atoms with Gasteiger partial charge in [-0.05, 0) is 24.0 Å². The van der Waals surface area contributed by atoms with Crippen LogP contribution in [0.2, 0.25) is 0 Å². The molecule has 0 aliphatic carbocycles. The molecule has 0 fully saturated rings. The van der Waals surface area contributed by atoms with E-state index in [1.54, 1.807) is 11.0 Å². The molecule has 1 aliphatic heterocycles. The molecule has 0 radical (unpaired) electrons. The van der Waals surface area contributed by atoms with Gasteiger partial charge < -0.3 is 4.90 Å². The van der Waals surface area contributed by atoms with E-state index in [2.05, 4.69) is 11.1 Å². The van der Waals surface area contributed by atoms with Gasteiger partial charge in [0, 0.05) is 32.3 Å². The number of nitrogens with zero attached hydrogens (tertiary/aromatic N) is 3. The largest absolute Gasteiger partial charge is 0.338 e. The number of rotatable bonds is 3. The molecule has 25 heavy (non-hydrogen) atoms. The Morgan fingerprint density at radius 2 is 2.00 bits per heavy atom. The summed E-state index contributed by atoms with van der Waals surface area (Å²) in [5.74, 6) is -0.0479. The minimum atomic E-state index is -0.709. The highest BCUT2D eigenvalue weighted by Gasteiger charge is 2.18. The van der Waals surface area contributed by atoms with Gasteiger partial charge in [0.05, 0.1) is 0 Å². The molecule has 7 nitrogen and oxygen atoms in total. The Morgan fingerprint density at radius 1 is 1.24 bits per heavy atom. The third-order valence-electron chi connectivity index (χ3n) is 4.40. The highest BCUT2D eigenvalue weighted by atomic mass is 16.2. The lowest BCUT2D eigenvalue weighted by Crippen LogP contribution is -2.34. The number of aromatic amines is 1. The van der Waals surface area contributed by atoms with E-state index in [0.29, 0.717) is 13.1 Å². The first-order valence-electron chi connectivity index (χ1n) is 8.17. The number of nitriles is 1. The van der Waals surface area contributed by atoms with Crippen LogP contribution in [0.1, 0.15) is 29.5 Å². The van der Waals surface area contributed by atoms with Crippen molar-refractivity contribution in [2.45, 2.75) is 32.4 Å². The summed E-state index contributed by atoms with van der Waals surface area (Å²) in [7, 11) is 0. The van der Waals surface area contributed by atoms with Crippen LogP contribution in [0.5, 0.6) is 0 Å². The fourth-order valence-corrected chi connectivity index (χ4v) is 3.04. The van der Waals surface area contributed by atoms with Crippen molar-refractivity contribution in [3.05, 3.63) is 68.0 Å². The van der Waals surface area contributed by atoms with E-state index in [-0.39, 0.29) is 24.4 Å². The number of nitrogens with one attached hydrogen (secondary N) is 1. The predicted molar refractivity (Wildman–Crippen MR) is 90.8 cm³/mol. The number of hydrogen-bond donors (Lipinski definition) is 1. The van der Waals surface area contributed by atoms with Gasteiger partial charge in [0.25, 0.3) is 5.56 Å². The van der Waals surface area contributed by atoms with Crippen LogP contribution in [0.4, 0.5) is 0 Å². The minimum Gasteiger partial charge on any atom is -0.338 e. The molecule has 0 unspecified atom stereocenters.